The average Bonchev–Trinajstić information content (AvgIpc) is 3.18. The summed E-state index contributed by atoms with van der Waals surface area (Å²) in [6.45, 7) is 4.81. The van der Waals surface area contributed by atoms with Gasteiger partial charge in [0.2, 0.25) is 0 Å². The van der Waals surface area contributed by atoms with Gasteiger partial charge in [0.1, 0.15) is 12.1 Å². The van der Waals surface area contributed by atoms with Gasteiger partial charge < -0.3 is 0 Å². The number of aromatic nitrogens is 5. The van der Waals surface area contributed by atoms with E-state index in [1.54, 1.807) is 12.4 Å². The zero-order valence-electron chi connectivity index (χ0n) is 29.3. The highest BCUT2D eigenvalue weighted by atomic mass is 15.0. The summed E-state index contributed by atoms with van der Waals surface area (Å²) >= 11 is 0. The van der Waals surface area contributed by atoms with Crippen LogP contribution >= 0.6 is 0 Å². The lowest BCUT2D eigenvalue weighted by atomic mass is 9.53. The third kappa shape index (κ3) is 5.54. The van der Waals surface area contributed by atoms with Gasteiger partial charge in [0.05, 0.1) is 22.2 Å². The van der Waals surface area contributed by atoms with Gasteiger partial charge in [-0.25, -0.2) is 15.0 Å². The zero-order chi connectivity index (χ0) is 35.4. The highest BCUT2D eigenvalue weighted by Crippen LogP contribution is 2.56. The summed E-state index contributed by atoms with van der Waals surface area (Å²) in [5, 5.41) is 23.2. The van der Waals surface area contributed by atoms with Gasteiger partial charge >= 0.3 is 0 Å². The first-order chi connectivity index (χ1) is 25.4. The van der Waals surface area contributed by atoms with E-state index in [0.717, 1.165) is 55.7 Å². The lowest BCUT2D eigenvalue weighted by Crippen LogP contribution is -2.42. The third-order valence-electron chi connectivity index (χ3n) is 11.6. The molecular weight excluding hydrogens is 639 g/mol. The van der Waals surface area contributed by atoms with Gasteiger partial charge in [-0.2, -0.15) is 10.5 Å². The Morgan fingerprint density at radius 2 is 1.29 bits per heavy atom. The molecule has 0 saturated heterocycles. The fraction of sp³-hybridized carbons (Fsp3) is 0.267. The molecule has 4 aromatic carbocycles. The van der Waals surface area contributed by atoms with Gasteiger partial charge in [0.15, 0.2) is 17.5 Å². The maximum atomic E-state index is 9.55. The van der Waals surface area contributed by atoms with E-state index >= 15 is 0 Å². The number of pyridine rings is 2. The molecule has 7 nitrogen and oxygen atoms in total. The molecule has 2 fully saturated rings. The molecule has 252 valence electrons. The van der Waals surface area contributed by atoms with Crippen LogP contribution in [0.25, 0.3) is 66.7 Å². The fourth-order valence-electron chi connectivity index (χ4n) is 9.51. The minimum Gasteiger partial charge on any atom is -0.255 e. The second-order valence-electron chi connectivity index (χ2n) is 15.1. The van der Waals surface area contributed by atoms with E-state index in [4.69, 9.17) is 15.0 Å². The van der Waals surface area contributed by atoms with Gasteiger partial charge in [-0.15, -0.1) is 0 Å². The van der Waals surface area contributed by atoms with E-state index in [1.165, 1.54) is 49.5 Å². The van der Waals surface area contributed by atoms with Crippen molar-refractivity contribution in [2.75, 3.05) is 0 Å². The second-order valence-corrected chi connectivity index (χ2v) is 15.1. The molecule has 7 aromatic rings. The number of hydrogen-bond acceptors (Lipinski definition) is 7. The monoisotopic (exact) mass is 675 g/mol. The number of rotatable bonds is 5. The highest BCUT2D eigenvalue weighted by Gasteiger charge is 2.46. The largest absolute Gasteiger partial charge is 0.255 e. The van der Waals surface area contributed by atoms with Crippen LogP contribution in [0.3, 0.4) is 0 Å². The summed E-state index contributed by atoms with van der Waals surface area (Å²) in [5.74, 6) is 3.92. The summed E-state index contributed by atoms with van der Waals surface area (Å²) < 4.78 is 0. The van der Waals surface area contributed by atoms with Crippen LogP contribution < -0.4 is 0 Å². The Labute approximate surface area is 303 Å². The zero-order valence-corrected chi connectivity index (χ0v) is 29.3. The van der Waals surface area contributed by atoms with E-state index in [1.807, 2.05) is 48.5 Å². The molecule has 1 unspecified atom stereocenters. The SMILES string of the molecule is CC[C@@H]1C[C@@H]2C[C@H](C)CC(c3ccc(-c4nc(-c5ccc6ncc(C#N)cc6c5)nc(-c5ccc6ncc(C#N)cc6c5)n4)c4ccccc34)(C1)C2. The fourth-order valence-corrected chi connectivity index (χ4v) is 9.51. The quantitative estimate of drug-likeness (QED) is 0.178. The van der Waals surface area contributed by atoms with Crippen molar-refractivity contribution in [2.24, 2.45) is 17.8 Å². The summed E-state index contributed by atoms with van der Waals surface area (Å²) in [6, 6.07) is 33.3. The van der Waals surface area contributed by atoms with E-state index in [-0.39, 0.29) is 5.41 Å². The Balaban J connectivity index is 1.24. The van der Waals surface area contributed by atoms with E-state index in [0.29, 0.717) is 34.5 Å². The van der Waals surface area contributed by atoms with Crippen LogP contribution in [0, 0.1) is 40.4 Å². The van der Waals surface area contributed by atoms with Crippen molar-refractivity contribution < 1.29 is 0 Å². The Bertz CT molecular complexity index is 2510. The highest BCUT2D eigenvalue weighted by molar-refractivity contribution is 5.98. The normalized spacial score (nSPS) is 21.2. The summed E-state index contributed by atoms with van der Waals surface area (Å²) in [4.78, 5) is 24.3. The molecule has 0 radical (unpaired) electrons. The minimum atomic E-state index is 0.178. The first kappa shape index (κ1) is 31.9. The van der Waals surface area contributed by atoms with Crippen molar-refractivity contribution in [1.29, 1.82) is 10.5 Å². The predicted molar refractivity (Wildman–Crippen MR) is 205 cm³/mol. The first-order valence-electron chi connectivity index (χ1n) is 18.3. The van der Waals surface area contributed by atoms with Crippen molar-refractivity contribution in [3.05, 3.63) is 114 Å². The van der Waals surface area contributed by atoms with Crippen LogP contribution in [-0.2, 0) is 5.41 Å². The first-order valence-corrected chi connectivity index (χ1v) is 18.3. The number of nitriles is 2. The standard InChI is InChI=1S/C45H37N7/c1-3-28-15-29-14-27(2)20-45(21-28,22-29)39-11-10-38(36-6-4-5-7-37(36)39)44-51-42(32-8-12-40-34(18-32)16-30(23-46)25-48-40)50-43(52-44)33-9-13-41-35(19-33)17-31(24-47)26-49-41/h4-13,16-19,25-29H,3,14-15,20-22H2,1-2H3/t27-,28+,29-,45?/m0/s1. The Hall–Kier alpha value is -6.05. The lowest BCUT2D eigenvalue weighted by molar-refractivity contribution is 0.0712. The molecule has 3 aromatic heterocycles. The molecule has 2 bridgehead atoms. The number of benzene rings is 4. The summed E-state index contributed by atoms with van der Waals surface area (Å²) in [6.07, 6.45) is 10.9. The predicted octanol–water partition coefficient (Wildman–Crippen LogP) is 10.4. The van der Waals surface area contributed by atoms with Crippen LogP contribution in [0.15, 0.2) is 97.3 Å². The molecule has 3 heterocycles. The van der Waals surface area contributed by atoms with Crippen LogP contribution in [0.1, 0.15) is 69.1 Å². The maximum Gasteiger partial charge on any atom is 0.164 e. The number of hydrogen-bond donors (Lipinski definition) is 0. The van der Waals surface area contributed by atoms with Gasteiger partial charge in [0.25, 0.3) is 0 Å². The minimum absolute atomic E-state index is 0.178. The van der Waals surface area contributed by atoms with Crippen LogP contribution in [0.4, 0.5) is 0 Å². The van der Waals surface area contributed by atoms with Gasteiger partial charge in [-0.3, -0.25) is 9.97 Å². The maximum absolute atomic E-state index is 9.55. The van der Waals surface area contributed by atoms with Gasteiger partial charge in [-0.1, -0.05) is 56.7 Å². The Kier molecular flexibility index (Phi) is 7.74. The molecule has 0 aliphatic heterocycles. The molecule has 0 amide bonds. The third-order valence-corrected chi connectivity index (χ3v) is 11.6. The summed E-state index contributed by atoms with van der Waals surface area (Å²) in [7, 11) is 0. The van der Waals surface area contributed by atoms with Crippen molar-refractivity contribution in [2.45, 2.75) is 57.8 Å². The average molecular weight is 676 g/mol. The molecular formula is C45H37N7. The van der Waals surface area contributed by atoms with Crippen molar-refractivity contribution in [1.82, 2.24) is 24.9 Å². The molecule has 0 N–H and O–H groups in total. The summed E-state index contributed by atoms with van der Waals surface area (Å²) in [5.41, 5.74) is 6.80. The molecule has 2 aliphatic rings. The van der Waals surface area contributed by atoms with Crippen molar-refractivity contribution >= 4 is 32.6 Å². The van der Waals surface area contributed by atoms with Gasteiger partial charge in [0, 0.05) is 39.9 Å². The Morgan fingerprint density at radius 1 is 0.673 bits per heavy atom. The Morgan fingerprint density at radius 3 is 1.90 bits per heavy atom. The lowest BCUT2D eigenvalue weighted by Gasteiger charge is -2.51. The van der Waals surface area contributed by atoms with Crippen molar-refractivity contribution in [3.8, 4) is 46.3 Å². The molecule has 9 rings (SSSR count). The van der Waals surface area contributed by atoms with Crippen LogP contribution in [-0.4, -0.2) is 24.9 Å². The van der Waals surface area contributed by atoms with Gasteiger partial charge in [-0.05, 0) is 120 Å². The number of fused-ring (bicyclic) bond motifs is 5. The smallest absolute Gasteiger partial charge is 0.164 e. The van der Waals surface area contributed by atoms with Crippen molar-refractivity contribution in [3.63, 3.8) is 0 Å². The molecule has 7 heteroatoms. The molecule has 2 aliphatic carbocycles. The topological polar surface area (TPSA) is 112 Å². The van der Waals surface area contributed by atoms with E-state index in [2.05, 4.69) is 72.4 Å². The van der Waals surface area contributed by atoms with Crippen LogP contribution in [0.5, 0.6) is 0 Å². The molecule has 4 atom stereocenters. The van der Waals surface area contributed by atoms with E-state index < -0.39 is 0 Å². The van der Waals surface area contributed by atoms with E-state index in [9.17, 15) is 10.5 Å². The molecule has 52 heavy (non-hydrogen) atoms. The molecule has 0 spiro atoms. The second kappa shape index (κ2) is 12.6. The van der Waals surface area contributed by atoms with Crippen LogP contribution in [0.2, 0.25) is 0 Å². The molecule has 2 saturated carbocycles. The number of nitrogens with zero attached hydrogens (tertiary/aromatic N) is 7.